The molecule has 1 fully saturated rings. The van der Waals surface area contributed by atoms with Crippen molar-refractivity contribution in [3.63, 3.8) is 0 Å². The molecular weight excluding hydrogens is 210 g/mol. The SMILES string of the molecule is Cc1ccncc1CN1CCCC(C)C1CN. The van der Waals surface area contributed by atoms with Crippen LogP contribution in [0.5, 0.6) is 0 Å². The van der Waals surface area contributed by atoms with E-state index in [-0.39, 0.29) is 0 Å². The molecule has 0 radical (unpaired) electrons. The van der Waals surface area contributed by atoms with Crippen molar-refractivity contribution in [2.45, 2.75) is 39.3 Å². The van der Waals surface area contributed by atoms with E-state index in [1.54, 1.807) is 0 Å². The fourth-order valence-corrected chi connectivity index (χ4v) is 2.79. The zero-order valence-corrected chi connectivity index (χ0v) is 10.9. The van der Waals surface area contributed by atoms with Crippen molar-refractivity contribution in [3.05, 3.63) is 29.6 Å². The second kappa shape index (κ2) is 5.61. The predicted molar refractivity (Wildman–Crippen MR) is 70.6 cm³/mol. The molecule has 2 atom stereocenters. The van der Waals surface area contributed by atoms with E-state index in [2.05, 4.69) is 29.8 Å². The van der Waals surface area contributed by atoms with Crippen molar-refractivity contribution in [1.29, 1.82) is 0 Å². The number of pyridine rings is 1. The summed E-state index contributed by atoms with van der Waals surface area (Å²) in [6, 6.07) is 2.61. The van der Waals surface area contributed by atoms with Gasteiger partial charge in [0.05, 0.1) is 0 Å². The van der Waals surface area contributed by atoms with E-state index in [0.717, 1.165) is 13.1 Å². The van der Waals surface area contributed by atoms with E-state index in [4.69, 9.17) is 5.73 Å². The first-order chi connectivity index (χ1) is 8.22. The molecule has 0 amide bonds. The lowest BCUT2D eigenvalue weighted by Crippen LogP contribution is -2.48. The Kier molecular flexibility index (Phi) is 4.13. The molecule has 1 aliphatic rings. The molecule has 0 bridgehead atoms. The molecule has 0 saturated carbocycles. The number of likely N-dealkylation sites (tertiary alicyclic amines) is 1. The molecule has 1 aromatic heterocycles. The van der Waals surface area contributed by atoms with Crippen molar-refractivity contribution in [2.75, 3.05) is 13.1 Å². The Bertz CT molecular complexity index is 364. The van der Waals surface area contributed by atoms with Gasteiger partial charge in [0.25, 0.3) is 0 Å². The van der Waals surface area contributed by atoms with Crippen LogP contribution >= 0.6 is 0 Å². The number of piperidine rings is 1. The molecule has 3 heteroatoms. The smallest absolute Gasteiger partial charge is 0.0315 e. The Morgan fingerprint density at radius 2 is 2.35 bits per heavy atom. The molecule has 2 N–H and O–H groups in total. The van der Waals surface area contributed by atoms with E-state index in [1.165, 1.54) is 30.5 Å². The van der Waals surface area contributed by atoms with E-state index in [9.17, 15) is 0 Å². The van der Waals surface area contributed by atoms with Crippen molar-refractivity contribution in [3.8, 4) is 0 Å². The highest BCUT2D eigenvalue weighted by Gasteiger charge is 2.27. The standard InChI is InChI=1S/C14H23N3/c1-11-5-6-16-9-13(11)10-17-7-3-4-12(2)14(17)8-15/h5-6,9,12,14H,3-4,7-8,10,15H2,1-2H3. The van der Waals surface area contributed by atoms with Crippen LogP contribution in [0.3, 0.4) is 0 Å². The van der Waals surface area contributed by atoms with Gasteiger partial charge >= 0.3 is 0 Å². The van der Waals surface area contributed by atoms with Gasteiger partial charge < -0.3 is 5.73 Å². The van der Waals surface area contributed by atoms with E-state index in [0.29, 0.717) is 12.0 Å². The van der Waals surface area contributed by atoms with Gasteiger partial charge in [0.1, 0.15) is 0 Å². The molecule has 3 nitrogen and oxygen atoms in total. The van der Waals surface area contributed by atoms with E-state index in [1.807, 2.05) is 12.4 Å². The van der Waals surface area contributed by atoms with Crippen molar-refractivity contribution in [1.82, 2.24) is 9.88 Å². The zero-order chi connectivity index (χ0) is 12.3. The topological polar surface area (TPSA) is 42.2 Å². The van der Waals surface area contributed by atoms with Crippen molar-refractivity contribution >= 4 is 0 Å². The van der Waals surface area contributed by atoms with E-state index >= 15 is 0 Å². The second-order valence-electron chi connectivity index (χ2n) is 5.20. The normalized spacial score (nSPS) is 26.1. The van der Waals surface area contributed by atoms with Crippen LogP contribution in [-0.4, -0.2) is 29.0 Å². The first-order valence-electron chi connectivity index (χ1n) is 6.56. The van der Waals surface area contributed by atoms with Crippen LogP contribution in [0.1, 0.15) is 30.9 Å². The fourth-order valence-electron chi connectivity index (χ4n) is 2.79. The number of rotatable bonds is 3. The van der Waals surface area contributed by atoms with Gasteiger partial charge in [0, 0.05) is 31.5 Å². The fraction of sp³-hybridized carbons (Fsp3) is 0.643. The van der Waals surface area contributed by atoms with Gasteiger partial charge in [-0.05, 0) is 49.4 Å². The Labute approximate surface area is 104 Å². The summed E-state index contributed by atoms with van der Waals surface area (Å²) in [7, 11) is 0. The number of hydrogen-bond acceptors (Lipinski definition) is 3. The monoisotopic (exact) mass is 233 g/mol. The molecule has 1 aromatic rings. The average Bonchev–Trinajstić information content (AvgIpc) is 2.32. The summed E-state index contributed by atoms with van der Waals surface area (Å²) >= 11 is 0. The quantitative estimate of drug-likeness (QED) is 0.867. The van der Waals surface area contributed by atoms with Gasteiger partial charge in [0.2, 0.25) is 0 Å². The Balaban J connectivity index is 2.09. The predicted octanol–water partition coefficient (Wildman–Crippen LogP) is 1.95. The number of hydrogen-bond donors (Lipinski definition) is 1. The summed E-state index contributed by atoms with van der Waals surface area (Å²) in [6.07, 6.45) is 6.45. The minimum atomic E-state index is 0.531. The number of aryl methyl sites for hydroxylation is 1. The Morgan fingerprint density at radius 3 is 3.06 bits per heavy atom. The minimum Gasteiger partial charge on any atom is -0.329 e. The maximum atomic E-state index is 5.92. The average molecular weight is 233 g/mol. The highest BCUT2D eigenvalue weighted by molar-refractivity contribution is 5.21. The summed E-state index contributed by atoms with van der Waals surface area (Å²) in [5, 5.41) is 0. The maximum absolute atomic E-state index is 5.92. The molecule has 1 saturated heterocycles. The molecule has 2 heterocycles. The number of nitrogens with two attached hydrogens (primary N) is 1. The molecule has 0 aromatic carbocycles. The highest BCUT2D eigenvalue weighted by Crippen LogP contribution is 2.24. The summed E-state index contributed by atoms with van der Waals surface area (Å²) in [6.45, 7) is 7.40. The third kappa shape index (κ3) is 2.85. The van der Waals surface area contributed by atoms with Gasteiger partial charge in [-0.3, -0.25) is 9.88 Å². The Morgan fingerprint density at radius 1 is 1.53 bits per heavy atom. The molecule has 0 spiro atoms. The van der Waals surface area contributed by atoms with Crippen LogP contribution in [0.4, 0.5) is 0 Å². The molecule has 0 aliphatic carbocycles. The molecular formula is C14H23N3. The van der Waals surface area contributed by atoms with Gasteiger partial charge in [-0.2, -0.15) is 0 Å². The summed E-state index contributed by atoms with van der Waals surface area (Å²) in [5.41, 5.74) is 8.58. The van der Waals surface area contributed by atoms with Crippen molar-refractivity contribution in [2.24, 2.45) is 11.7 Å². The largest absolute Gasteiger partial charge is 0.329 e. The van der Waals surface area contributed by atoms with Crippen molar-refractivity contribution < 1.29 is 0 Å². The van der Waals surface area contributed by atoms with Crippen LogP contribution in [0, 0.1) is 12.8 Å². The highest BCUT2D eigenvalue weighted by atomic mass is 15.2. The van der Waals surface area contributed by atoms with Crippen LogP contribution in [0.15, 0.2) is 18.5 Å². The molecule has 1 aliphatic heterocycles. The minimum absolute atomic E-state index is 0.531. The first kappa shape index (κ1) is 12.5. The lowest BCUT2D eigenvalue weighted by molar-refractivity contribution is 0.0988. The summed E-state index contributed by atoms with van der Waals surface area (Å²) in [5.74, 6) is 0.714. The molecule has 2 rings (SSSR count). The Hall–Kier alpha value is -0.930. The van der Waals surface area contributed by atoms with Crippen LogP contribution < -0.4 is 5.73 Å². The van der Waals surface area contributed by atoms with Gasteiger partial charge in [0.15, 0.2) is 0 Å². The van der Waals surface area contributed by atoms with Gasteiger partial charge in [-0.1, -0.05) is 6.92 Å². The van der Waals surface area contributed by atoms with Crippen LogP contribution in [0.25, 0.3) is 0 Å². The third-order valence-electron chi connectivity index (χ3n) is 3.99. The number of nitrogens with zero attached hydrogens (tertiary/aromatic N) is 2. The summed E-state index contributed by atoms with van der Waals surface area (Å²) in [4.78, 5) is 6.75. The second-order valence-corrected chi connectivity index (χ2v) is 5.20. The molecule has 2 unspecified atom stereocenters. The zero-order valence-electron chi connectivity index (χ0n) is 10.9. The van der Waals surface area contributed by atoms with Gasteiger partial charge in [-0.25, -0.2) is 0 Å². The maximum Gasteiger partial charge on any atom is 0.0315 e. The van der Waals surface area contributed by atoms with Gasteiger partial charge in [-0.15, -0.1) is 0 Å². The third-order valence-corrected chi connectivity index (χ3v) is 3.99. The van der Waals surface area contributed by atoms with Crippen LogP contribution in [-0.2, 0) is 6.54 Å². The molecule has 17 heavy (non-hydrogen) atoms. The lowest BCUT2D eigenvalue weighted by Gasteiger charge is -2.39. The van der Waals surface area contributed by atoms with Crippen LogP contribution in [0.2, 0.25) is 0 Å². The van der Waals surface area contributed by atoms with E-state index < -0.39 is 0 Å². The summed E-state index contributed by atoms with van der Waals surface area (Å²) < 4.78 is 0. The first-order valence-corrected chi connectivity index (χ1v) is 6.56. The molecule has 94 valence electrons. The lowest BCUT2D eigenvalue weighted by atomic mass is 9.90. The number of aromatic nitrogens is 1.